The number of furan rings is 1. The Kier molecular flexibility index (Phi) is 6.49. The molecule has 2 rings (SSSR count). The van der Waals surface area contributed by atoms with Crippen LogP contribution < -0.4 is 5.32 Å². The highest BCUT2D eigenvalue weighted by Gasteiger charge is 2.07. The maximum absolute atomic E-state index is 5.91. The first-order valence-corrected chi connectivity index (χ1v) is 8.13. The predicted octanol–water partition coefficient (Wildman–Crippen LogP) is 4.53. The Morgan fingerprint density at radius 1 is 1.24 bits per heavy atom. The van der Waals surface area contributed by atoms with Crippen LogP contribution in [0.5, 0.6) is 0 Å². The summed E-state index contributed by atoms with van der Waals surface area (Å²) in [7, 11) is 0. The Morgan fingerprint density at radius 3 is 2.86 bits per heavy atom. The highest BCUT2D eigenvalue weighted by atomic mass is 79.9. The van der Waals surface area contributed by atoms with Crippen LogP contribution in [0.25, 0.3) is 11.3 Å². The summed E-state index contributed by atoms with van der Waals surface area (Å²) >= 11 is 3.48. The van der Waals surface area contributed by atoms with E-state index >= 15 is 0 Å². The first kappa shape index (κ1) is 16.3. The zero-order valence-corrected chi connectivity index (χ0v) is 14.2. The Hall–Kier alpha value is -1.10. The van der Waals surface area contributed by atoms with Crippen molar-refractivity contribution in [1.82, 2.24) is 5.32 Å². The molecule has 0 radical (unpaired) electrons. The van der Waals surface area contributed by atoms with Gasteiger partial charge in [0.25, 0.3) is 0 Å². The summed E-state index contributed by atoms with van der Waals surface area (Å²) in [6.07, 6.45) is 1.02. The van der Waals surface area contributed by atoms with Crippen LogP contribution in [0.1, 0.15) is 24.7 Å². The van der Waals surface area contributed by atoms with Crippen molar-refractivity contribution in [3.8, 4) is 11.3 Å². The summed E-state index contributed by atoms with van der Waals surface area (Å²) in [6.45, 7) is 7.39. The molecule has 0 aliphatic rings. The van der Waals surface area contributed by atoms with Gasteiger partial charge in [0.1, 0.15) is 11.5 Å². The van der Waals surface area contributed by atoms with E-state index in [4.69, 9.17) is 9.15 Å². The fourth-order valence-corrected chi connectivity index (χ4v) is 2.65. The minimum atomic E-state index is 0.752. The molecule has 2 aromatic rings. The van der Waals surface area contributed by atoms with Crippen molar-refractivity contribution >= 4 is 15.9 Å². The number of benzene rings is 1. The fourth-order valence-electron chi connectivity index (χ4n) is 2.18. The molecule has 0 aliphatic carbocycles. The molecule has 3 nitrogen and oxygen atoms in total. The highest BCUT2D eigenvalue weighted by molar-refractivity contribution is 9.10. The third-order valence-electron chi connectivity index (χ3n) is 3.26. The molecule has 1 aromatic heterocycles. The van der Waals surface area contributed by atoms with Crippen molar-refractivity contribution in [2.45, 2.75) is 26.8 Å². The molecular formula is C17H22BrNO2. The van der Waals surface area contributed by atoms with Gasteiger partial charge >= 0.3 is 0 Å². The lowest BCUT2D eigenvalue weighted by atomic mass is 10.1. The van der Waals surface area contributed by atoms with E-state index in [1.807, 2.05) is 25.1 Å². The Morgan fingerprint density at radius 2 is 2.10 bits per heavy atom. The minimum absolute atomic E-state index is 0.752. The second-order valence-electron chi connectivity index (χ2n) is 4.95. The van der Waals surface area contributed by atoms with E-state index in [0.717, 1.165) is 54.3 Å². The maximum atomic E-state index is 5.91. The van der Waals surface area contributed by atoms with Gasteiger partial charge in [0.15, 0.2) is 0 Å². The summed E-state index contributed by atoms with van der Waals surface area (Å²) < 4.78 is 12.3. The molecule has 1 aromatic carbocycles. The quantitative estimate of drug-likeness (QED) is 0.709. The largest absolute Gasteiger partial charge is 0.460 e. The van der Waals surface area contributed by atoms with Gasteiger partial charge in [-0.3, -0.25) is 0 Å². The van der Waals surface area contributed by atoms with Gasteiger partial charge in [0.2, 0.25) is 0 Å². The molecule has 0 fully saturated rings. The van der Waals surface area contributed by atoms with Gasteiger partial charge in [0.05, 0.1) is 6.54 Å². The molecule has 114 valence electrons. The smallest absolute Gasteiger partial charge is 0.134 e. The number of rotatable bonds is 8. The SMILES string of the molecule is CCOCCCNCc1ccc(-c2ccc(Br)cc2C)o1. The van der Waals surface area contributed by atoms with E-state index in [-0.39, 0.29) is 0 Å². The van der Waals surface area contributed by atoms with E-state index in [9.17, 15) is 0 Å². The first-order chi connectivity index (χ1) is 10.2. The second kappa shape index (κ2) is 8.37. The zero-order valence-electron chi connectivity index (χ0n) is 12.6. The van der Waals surface area contributed by atoms with Crippen LogP contribution in [0.3, 0.4) is 0 Å². The minimum Gasteiger partial charge on any atom is -0.460 e. The second-order valence-corrected chi connectivity index (χ2v) is 5.87. The van der Waals surface area contributed by atoms with Gasteiger partial charge in [-0.25, -0.2) is 0 Å². The number of aryl methyl sites for hydroxylation is 1. The summed E-state index contributed by atoms with van der Waals surface area (Å²) in [5.41, 5.74) is 2.34. The third-order valence-corrected chi connectivity index (χ3v) is 3.75. The van der Waals surface area contributed by atoms with Gasteiger partial charge in [-0.2, -0.15) is 0 Å². The van der Waals surface area contributed by atoms with Crippen molar-refractivity contribution in [3.05, 3.63) is 46.1 Å². The van der Waals surface area contributed by atoms with Crippen LogP contribution >= 0.6 is 15.9 Å². The summed E-state index contributed by atoms with van der Waals surface area (Å²) in [4.78, 5) is 0. The van der Waals surface area contributed by atoms with Crippen LogP contribution in [0.4, 0.5) is 0 Å². The molecule has 0 atom stereocenters. The number of hydrogen-bond donors (Lipinski definition) is 1. The molecule has 0 unspecified atom stereocenters. The van der Waals surface area contributed by atoms with Crippen LogP contribution in [-0.4, -0.2) is 19.8 Å². The molecule has 0 spiro atoms. The number of halogens is 1. The van der Waals surface area contributed by atoms with Gasteiger partial charge in [-0.15, -0.1) is 0 Å². The molecular weight excluding hydrogens is 330 g/mol. The van der Waals surface area contributed by atoms with E-state index in [1.54, 1.807) is 0 Å². The van der Waals surface area contributed by atoms with E-state index in [0.29, 0.717) is 0 Å². The van der Waals surface area contributed by atoms with Crippen LogP contribution in [0.2, 0.25) is 0 Å². The third kappa shape index (κ3) is 4.99. The summed E-state index contributed by atoms with van der Waals surface area (Å²) in [5, 5.41) is 3.37. The van der Waals surface area contributed by atoms with Gasteiger partial charge in [-0.1, -0.05) is 15.9 Å². The standard InChI is InChI=1S/C17H22BrNO2/c1-3-20-10-4-9-19-12-15-6-8-17(21-15)16-7-5-14(18)11-13(16)2/h5-8,11,19H,3-4,9-10,12H2,1-2H3. The van der Waals surface area contributed by atoms with Gasteiger partial charge < -0.3 is 14.5 Å². The Bertz CT molecular complexity index is 566. The average molecular weight is 352 g/mol. The molecule has 0 amide bonds. The van der Waals surface area contributed by atoms with E-state index < -0.39 is 0 Å². The summed E-state index contributed by atoms with van der Waals surface area (Å²) in [6, 6.07) is 10.3. The lowest BCUT2D eigenvalue weighted by Gasteiger charge is -2.04. The average Bonchev–Trinajstić information content (AvgIpc) is 2.91. The number of ether oxygens (including phenoxy) is 1. The van der Waals surface area contributed by atoms with Crippen molar-refractivity contribution in [2.75, 3.05) is 19.8 Å². The molecule has 21 heavy (non-hydrogen) atoms. The Labute approximate surface area is 134 Å². The Balaban J connectivity index is 1.86. The zero-order chi connectivity index (χ0) is 15.1. The molecule has 4 heteroatoms. The van der Waals surface area contributed by atoms with Crippen molar-refractivity contribution in [2.24, 2.45) is 0 Å². The topological polar surface area (TPSA) is 34.4 Å². The number of nitrogens with one attached hydrogen (secondary N) is 1. The molecule has 1 N–H and O–H groups in total. The lowest BCUT2D eigenvalue weighted by Crippen LogP contribution is -2.15. The first-order valence-electron chi connectivity index (χ1n) is 7.34. The van der Waals surface area contributed by atoms with Crippen molar-refractivity contribution in [1.29, 1.82) is 0 Å². The van der Waals surface area contributed by atoms with Crippen molar-refractivity contribution < 1.29 is 9.15 Å². The van der Waals surface area contributed by atoms with E-state index in [2.05, 4.69) is 40.3 Å². The molecule has 0 aliphatic heterocycles. The van der Waals surface area contributed by atoms with Crippen LogP contribution in [-0.2, 0) is 11.3 Å². The molecule has 0 bridgehead atoms. The summed E-state index contributed by atoms with van der Waals surface area (Å²) in [5.74, 6) is 1.88. The molecule has 0 saturated heterocycles. The lowest BCUT2D eigenvalue weighted by molar-refractivity contribution is 0.144. The monoisotopic (exact) mass is 351 g/mol. The highest BCUT2D eigenvalue weighted by Crippen LogP contribution is 2.27. The van der Waals surface area contributed by atoms with Crippen LogP contribution in [0.15, 0.2) is 39.2 Å². The van der Waals surface area contributed by atoms with Crippen LogP contribution in [0, 0.1) is 6.92 Å². The predicted molar refractivity (Wildman–Crippen MR) is 89.4 cm³/mol. The molecule has 0 saturated carbocycles. The fraction of sp³-hybridized carbons (Fsp3) is 0.412. The molecule has 1 heterocycles. The maximum Gasteiger partial charge on any atom is 0.134 e. The number of hydrogen-bond acceptors (Lipinski definition) is 3. The van der Waals surface area contributed by atoms with E-state index in [1.165, 1.54) is 5.56 Å². The van der Waals surface area contributed by atoms with Crippen molar-refractivity contribution in [3.63, 3.8) is 0 Å². The van der Waals surface area contributed by atoms with Gasteiger partial charge in [0, 0.05) is 23.2 Å². The van der Waals surface area contributed by atoms with Gasteiger partial charge in [-0.05, 0) is 62.7 Å². The normalized spacial score (nSPS) is 11.0.